The number of phenolic OH excluding ortho intramolecular Hbond substituents is 1. The molecule has 33 heavy (non-hydrogen) atoms. The molecule has 8 heteroatoms. The average molecular weight is 496 g/mol. The second-order valence-corrected chi connectivity index (χ2v) is 10.2. The summed E-state index contributed by atoms with van der Waals surface area (Å²) in [7, 11) is -3.93. The summed E-state index contributed by atoms with van der Waals surface area (Å²) in [5.74, 6) is -0.563. The van der Waals surface area contributed by atoms with Gasteiger partial charge in [0, 0.05) is 0 Å². The van der Waals surface area contributed by atoms with Gasteiger partial charge in [-0.25, -0.2) is 13.2 Å². The Morgan fingerprint density at radius 2 is 1.48 bits per heavy atom. The van der Waals surface area contributed by atoms with E-state index in [9.17, 15) is 18.3 Å². The van der Waals surface area contributed by atoms with Gasteiger partial charge in [-0.3, -0.25) is 4.72 Å². The van der Waals surface area contributed by atoms with Crippen LogP contribution in [0.3, 0.4) is 0 Å². The summed E-state index contributed by atoms with van der Waals surface area (Å²) >= 11 is 6.12. The zero-order chi connectivity index (χ0) is 24.1. The van der Waals surface area contributed by atoms with Crippen molar-refractivity contribution in [2.75, 3.05) is 11.3 Å². The summed E-state index contributed by atoms with van der Waals surface area (Å²) in [6, 6.07) is 9.41. The van der Waals surface area contributed by atoms with E-state index in [2.05, 4.69) is 11.6 Å². The number of ether oxygens (including phenoxy) is 1. The van der Waals surface area contributed by atoms with Gasteiger partial charge in [0.2, 0.25) is 0 Å². The third-order valence-electron chi connectivity index (χ3n) is 5.32. The topological polar surface area (TPSA) is 92.7 Å². The highest BCUT2D eigenvalue weighted by Gasteiger charge is 2.18. The lowest BCUT2D eigenvalue weighted by atomic mass is 10.1. The smallest absolute Gasteiger partial charge is 0.338 e. The van der Waals surface area contributed by atoms with Crippen LogP contribution in [0.2, 0.25) is 5.02 Å². The number of hydrogen-bond acceptors (Lipinski definition) is 5. The van der Waals surface area contributed by atoms with Crippen LogP contribution in [0, 0.1) is 0 Å². The van der Waals surface area contributed by atoms with Crippen LogP contribution < -0.4 is 4.72 Å². The Kier molecular flexibility index (Phi) is 11.5. The number of unbranched alkanes of at least 4 members (excludes halogenated alkanes) is 9. The van der Waals surface area contributed by atoms with Crippen LogP contribution in [0.25, 0.3) is 0 Å². The maximum atomic E-state index is 12.6. The number of aromatic hydroxyl groups is 1. The van der Waals surface area contributed by atoms with E-state index < -0.39 is 16.0 Å². The van der Waals surface area contributed by atoms with E-state index in [1.165, 1.54) is 87.4 Å². The molecule has 6 nitrogen and oxygen atoms in total. The number of halogens is 1. The lowest BCUT2D eigenvalue weighted by molar-refractivity contribution is 0.0497. The van der Waals surface area contributed by atoms with E-state index >= 15 is 0 Å². The van der Waals surface area contributed by atoms with E-state index in [-0.39, 0.29) is 26.9 Å². The van der Waals surface area contributed by atoms with Gasteiger partial charge in [-0.1, -0.05) is 76.3 Å². The van der Waals surface area contributed by atoms with E-state index in [0.717, 1.165) is 19.3 Å². The molecular weight excluding hydrogens is 462 g/mol. The van der Waals surface area contributed by atoms with Crippen LogP contribution in [-0.4, -0.2) is 26.1 Å². The number of anilines is 1. The molecule has 2 aromatic carbocycles. The van der Waals surface area contributed by atoms with Crippen molar-refractivity contribution in [3.63, 3.8) is 0 Å². The number of phenols is 1. The van der Waals surface area contributed by atoms with Crippen LogP contribution >= 0.6 is 11.6 Å². The van der Waals surface area contributed by atoms with Crippen LogP contribution in [0.15, 0.2) is 47.4 Å². The number of nitrogens with one attached hydrogen (secondary N) is 1. The predicted molar refractivity (Wildman–Crippen MR) is 132 cm³/mol. The van der Waals surface area contributed by atoms with Gasteiger partial charge in [0.15, 0.2) is 0 Å². The Bertz CT molecular complexity index is 977. The Balaban J connectivity index is 1.78. The summed E-state index contributed by atoms with van der Waals surface area (Å²) < 4.78 is 32.8. The molecule has 0 spiro atoms. The zero-order valence-corrected chi connectivity index (χ0v) is 20.8. The number of esters is 1. The fraction of sp³-hybridized carbons (Fsp3) is 0.480. The van der Waals surface area contributed by atoms with Gasteiger partial charge in [-0.05, 0) is 48.9 Å². The van der Waals surface area contributed by atoms with E-state index in [1.807, 2.05) is 0 Å². The molecule has 2 N–H and O–H groups in total. The summed E-state index contributed by atoms with van der Waals surface area (Å²) in [5.41, 5.74) is 0.299. The second kappa shape index (κ2) is 14.1. The fourth-order valence-corrected chi connectivity index (χ4v) is 4.69. The first-order valence-corrected chi connectivity index (χ1v) is 13.5. The number of carbonyl (C=O) groups is 1. The maximum Gasteiger partial charge on any atom is 0.338 e. The van der Waals surface area contributed by atoms with Gasteiger partial charge in [0.25, 0.3) is 10.0 Å². The largest absolute Gasteiger partial charge is 0.508 e. The van der Waals surface area contributed by atoms with Crippen molar-refractivity contribution in [2.24, 2.45) is 0 Å². The number of benzene rings is 2. The molecule has 0 aliphatic carbocycles. The normalized spacial score (nSPS) is 11.3. The first kappa shape index (κ1) is 27.0. The standard InChI is InChI=1S/C25H34ClNO5S/c1-2-3-4-5-6-7-8-9-10-11-18-32-25(29)20-12-17-23(26)24(19-20)27-33(30,31)22-15-13-21(28)14-16-22/h12-17,19,27-28H,2-11,18H2,1H3. The van der Waals surface area contributed by atoms with Crippen LogP contribution in [0.5, 0.6) is 5.75 Å². The number of carbonyl (C=O) groups excluding carboxylic acids is 1. The molecule has 0 aromatic heterocycles. The highest BCUT2D eigenvalue weighted by atomic mass is 35.5. The minimum atomic E-state index is -3.93. The van der Waals surface area contributed by atoms with Gasteiger partial charge in [0.1, 0.15) is 5.75 Å². The number of sulfonamides is 1. The van der Waals surface area contributed by atoms with Gasteiger partial charge >= 0.3 is 5.97 Å². The molecule has 0 saturated heterocycles. The lowest BCUT2D eigenvalue weighted by Crippen LogP contribution is -2.14. The highest BCUT2D eigenvalue weighted by molar-refractivity contribution is 7.92. The van der Waals surface area contributed by atoms with Crippen molar-refractivity contribution >= 4 is 33.3 Å². The van der Waals surface area contributed by atoms with Gasteiger partial charge < -0.3 is 9.84 Å². The molecular formula is C25H34ClNO5S. The van der Waals surface area contributed by atoms with Gasteiger partial charge in [0.05, 0.1) is 27.8 Å². The van der Waals surface area contributed by atoms with Crippen molar-refractivity contribution in [2.45, 2.75) is 76.0 Å². The minimum Gasteiger partial charge on any atom is -0.508 e. The molecule has 0 radical (unpaired) electrons. The molecule has 0 fully saturated rings. The van der Waals surface area contributed by atoms with Crippen molar-refractivity contribution in [1.82, 2.24) is 0 Å². The fourth-order valence-electron chi connectivity index (χ4n) is 3.40. The highest BCUT2D eigenvalue weighted by Crippen LogP contribution is 2.27. The van der Waals surface area contributed by atoms with E-state index in [1.54, 1.807) is 0 Å². The van der Waals surface area contributed by atoms with Crippen LogP contribution in [0.1, 0.15) is 81.5 Å². The molecule has 182 valence electrons. The molecule has 0 aliphatic rings. The van der Waals surface area contributed by atoms with E-state index in [4.69, 9.17) is 16.3 Å². The molecule has 0 aliphatic heterocycles. The molecule has 0 saturated carbocycles. The Hall–Kier alpha value is -2.25. The third kappa shape index (κ3) is 9.64. The van der Waals surface area contributed by atoms with Crippen molar-refractivity contribution in [3.05, 3.63) is 53.1 Å². The molecule has 0 unspecified atom stereocenters. The molecule has 2 rings (SSSR count). The summed E-state index contributed by atoms with van der Waals surface area (Å²) in [4.78, 5) is 12.3. The molecule has 0 heterocycles. The predicted octanol–water partition coefficient (Wildman–Crippen LogP) is 6.92. The lowest BCUT2D eigenvalue weighted by Gasteiger charge is -2.11. The summed E-state index contributed by atoms with van der Waals surface area (Å²) in [6.45, 7) is 2.55. The average Bonchev–Trinajstić information content (AvgIpc) is 2.79. The van der Waals surface area contributed by atoms with E-state index in [0.29, 0.717) is 6.61 Å². The molecule has 0 atom stereocenters. The van der Waals surface area contributed by atoms with Crippen LogP contribution in [0.4, 0.5) is 5.69 Å². The molecule has 0 bridgehead atoms. The first-order valence-electron chi connectivity index (χ1n) is 11.6. The Morgan fingerprint density at radius 3 is 2.09 bits per heavy atom. The SMILES string of the molecule is CCCCCCCCCCCCOC(=O)c1ccc(Cl)c(NS(=O)(=O)c2ccc(O)cc2)c1. The monoisotopic (exact) mass is 495 g/mol. The van der Waals surface area contributed by atoms with Crippen molar-refractivity contribution < 1.29 is 23.1 Å². The maximum absolute atomic E-state index is 12.6. The van der Waals surface area contributed by atoms with Gasteiger partial charge in [-0.15, -0.1) is 0 Å². The summed E-state index contributed by atoms with van der Waals surface area (Å²) in [5, 5.41) is 9.50. The van der Waals surface area contributed by atoms with Crippen molar-refractivity contribution in [1.29, 1.82) is 0 Å². The van der Waals surface area contributed by atoms with Crippen molar-refractivity contribution in [3.8, 4) is 5.75 Å². The second-order valence-electron chi connectivity index (χ2n) is 8.11. The Morgan fingerprint density at radius 1 is 0.909 bits per heavy atom. The third-order valence-corrected chi connectivity index (χ3v) is 7.04. The first-order chi connectivity index (χ1) is 15.8. The number of rotatable bonds is 15. The minimum absolute atomic E-state index is 0.0368. The zero-order valence-electron chi connectivity index (χ0n) is 19.2. The molecule has 0 amide bonds. The molecule has 2 aromatic rings. The number of hydrogen-bond donors (Lipinski definition) is 2. The van der Waals surface area contributed by atoms with Gasteiger partial charge in [-0.2, -0.15) is 0 Å². The van der Waals surface area contributed by atoms with Crippen LogP contribution in [-0.2, 0) is 14.8 Å². The summed E-state index contributed by atoms with van der Waals surface area (Å²) in [6.07, 6.45) is 12.0. The Labute approximate surface area is 202 Å². The quantitative estimate of drug-likeness (QED) is 0.206.